The van der Waals surface area contributed by atoms with Gasteiger partial charge in [-0.25, -0.2) is 10.4 Å². The molecule has 0 amide bonds. The normalized spacial score (nSPS) is 10.0. The zero-order valence-electron chi connectivity index (χ0n) is 3.05. The van der Waals surface area contributed by atoms with E-state index in [0.717, 1.165) is 0 Å². The first kappa shape index (κ1) is 6.62. The molecule has 6 heteroatoms. The number of hydrazine groups is 2. The Morgan fingerprint density at radius 1 is 1.33 bits per heavy atom. The van der Waals surface area contributed by atoms with Crippen LogP contribution < -0.4 is 22.1 Å². The van der Waals surface area contributed by atoms with Gasteiger partial charge in [0.1, 0.15) is 7.42 Å². The molecular weight excluding hydrogens is 119 g/mol. The maximum atomic E-state index is 4.84. The van der Waals surface area contributed by atoms with Gasteiger partial charge in [-0.15, -0.1) is 12.2 Å². The lowest BCUT2D eigenvalue weighted by Crippen LogP contribution is -2.25. The predicted molar refractivity (Wildman–Crippen MR) is 30.6 cm³/mol. The second-order valence-corrected chi connectivity index (χ2v) is 2.91. The Kier molecular flexibility index (Phi) is 4.19. The van der Waals surface area contributed by atoms with E-state index in [2.05, 4.69) is 22.6 Å². The highest BCUT2D eigenvalue weighted by atomic mass is 32.7. The van der Waals surface area contributed by atoms with E-state index in [0.29, 0.717) is 0 Å². The molecule has 0 aliphatic rings. The molecule has 0 fully saturated rings. The Morgan fingerprint density at radius 3 is 1.67 bits per heavy atom. The molecule has 0 unspecified atom stereocenters. The molecule has 0 saturated heterocycles. The van der Waals surface area contributed by atoms with Gasteiger partial charge in [0, 0.05) is 0 Å². The summed E-state index contributed by atoms with van der Waals surface area (Å²) in [4.78, 5) is 0. The summed E-state index contributed by atoms with van der Waals surface area (Å²) in [7, 11) is -0.826. The van der Waals surface area contributed by atoms with Crippen molar-refractivity contribution in [3.8, 4) is 0 Å². The fourth-order valence-corrected chi connectivity index (χ4v) is 0.112. The largest absolute Gasteiger partial charge is 0.266 e. The molecule has 0 aliphatic carbocycles. The molecule has 0 aromatic carbocycles. The number of thiol groups is 1. The summed E-state index contributed by atoms with van der Waals surface area (Å²) < 4.78 is 0. The van der Waals surface area contributed by atoms with Crippen molar-refractivity contribution in [3.05, 3.63) is 0 Å². The van der Waals surface area contributed by atoms with Crippen LogP contribution in [0.2, 0.25) is 0 Å². The predicted octanol–water partition coefficient (Wildman–Crippen LogP) is -0.930. The van der Waals surface area contributed by atoms with Crippen LogP contribution in [-0.2, 0) is 0 Å². The van der Waals surface area contributed by atoms with E-state index >= 15 is 0 Å². The van der Waals surface area contributed by atoms with Crippen LogP contribution in [0.15, 0.2) is 0 Å². The summed E-state index contributed by atoms with van der Waals surface area (Å²) in [5, 5.41) is 4.61. The second-order valence-electron chi connectivity index (χ2n) is 0.570. The van der Waals surface area contributed by atoms with Crippen molar-refractivity contribution >= 4 is 19.7 Å². The first-order valence-electron chi connectivity index (χ1n) is 1.22. The molecular formula is H7N4PS. The number of hydrogen-bond acceptors (Lipinski definition) is 5. The average molecular weight is 126 g/mol. The first-order valence-corrected chi connectivity index (χ1v) is 3.72. The zero-order chi connectivity index (χ0) is 4.99. The fraction of sp³-hybridized carbons (Fsp3) is 0. The van der Waals surface area contributed by atoms with Crippen LogP contribution in [0, 0.1) is 0 Å². The van der Waals surface area contributed by atoms with Gasteiger partial charge in [0.2, 0.25) is 0 Å². The average Bonchev–Trinajstić information content (AvgIpc) is 1.65. The van der Waals surface area contributed by atoms with Crippen molar-refractivity contribution < 1.29 is 0 Å². The molecule has 0 spiro atoms. The summed E-state index contributed by atoms with van der Waals surface area (Å²) in [5.41, 5.74) is 0. The van der Waals surface area contributed by atoms with Gasteiger partial charge in [0.05, 0.1) is 0 Å². The summed E-state index contributed by atoms with van der Waals surface area (Å²) in [6.45, 7) is 0. The molecule has 0 bridgehead atoms. The summed E-state index contributed by atoms with van der Waals surface area (Å²) in [6.07, 6.45) is 0. The van der Waals surface area contributed by atoms with Gasteiger partial charge in [0.15, 0.2) is 0 Å². The Balaban J connectivity index is 2.75. The quantitative estimate of drug-likeness (QED) is 0.143. The Labute approximate surface area is 42.6 Å². The molecule has 38 valence electrons. The highest BCUT2D eigenvalue weighted by molar-refractivity contribution is 8.43. The molecule has 0 radical (unpaired) electrons. The lowest BCUT2D eigenvalue weighted by molar-refractivity contribution is 1.02. The van der Waals surface area contributed by atoms with Crippen molar-refractivity contribution in [2.24, 2.45) is 11.7 Å². The lowest BCUT2D eigenvalue weighted by atomic mass is 12.9. The molecule has 6 heavy (non-hydrogen) atoms. The van der Waals surface area contributed by atoms with E-state index in [9.17, 15) is 0 Å². The number of hydrogen-bond donors (Lipinski definition) is 5. The Bertz CT molecular complexity index is 26.7. The Morgan fingerprint density at radius 2 is 1.67 bits per heavy atom. The molecule has 0 atom stereocenters. The van der Waals surface area contributed by atoms with Gasteiger partial charge in [-0.3, -0.25) is 11.7 Å². The van der Waals surface area contributed by atoms with Crippen molar-refractivity contribution in [3.63, 3.8) is 0 Å². The van der Waals surface area contributed by atoms with Gasteiger partial charge in [-0.05, 0) is 0 Å². The van der Waals surface area contributed by atoms with Crippen LogP contribution in [-0.4, -0.2) is 0 Å². The highest BCUT2D eigenvalue weighted by Crippen LogP contribution is 2.24. The van der Waals surface area contributed by atoms with Crippen LogP contribution >= 0.6 is 19.7 Å². The molecule has 0 aliphatic heterocycles. The molecule has 0 heterocycles. The van der Waals surface area contributed by atoms with E-state index in [4.69, 9.17) is 11.7 Å². The van der Waals surface area contributed by atoms with E-state index in [1.807, 2.05) is 0 Å². The van der Waals surface area contributed by atoms with Gasteiger partial charge in [-0.2, -0.15) is 0 Å². The van der Waals surface area contributed by atoms with E-state index in [-0.39, 0.29) is 0 Å². The minimum atomic E-state index is -0.826. The summed E-state index contributed by atoms with van der Waals surface area (Å²) in [5.74, 6) is 9.68. The van der Waals surface area contributed by atoms with Crippen LogP contribution in [0.4, 0.5) is 0 Å². The van der Waals surface area contributed by atoms with Crippen LogP contribution in [0.25, 0.3) is 0 Å². The van der Waals surface area contributed by atoms with Gasteiger partial charge >= 0.3 is 0 Å². The molecule has 0 aromatic rings. The number of nitrogens with two attached hydrogens (primary N) is 2. The highest BCUT2D eigenvalue weighted by Gasteiger charge is 1.87. The lowest BCUT2D eigenvalue weighted by Gasteiger charge is -2.02. The van der Waals surface area contributed by atoms with Crippen LogP contribution in [0.5, 0.6) is 0 Å². The molecule has 6 N–H and O–H groups in total. The summed E-state index contributed by atoms with van der Waals surface area (Å²) >= 11 is 3.82. The zero-order valence-corrected chi connectivity index (χ0v) is 4.84. The third-order valence-electron chi connectivity index (χ3n) is 0.245. The monoisotopic (exact) mass is 126 g/mol. The smallest absolute Gasteiger partial charge is 0.122 e. The van der Waals surface area contributed by atoms with Gasteiger partial charge in [-0.1, -0.05) is 0 Å². The SMILES string of the molecule is NNP(S)NN. The topological polar surface area (TPSA) is 76.1 Å². The van der Waals surface area contributed by atoms with Crippen LogP contribution in [0.3, 0.4) is 0 Å². The van der Waals surface area contributed by atoms with Crippen molar-refractivity contribution in [1.82, 2.24) is 10.4 Å². The van der Waals surface area contributed by atoms with Crippen molar-refractivity contribution in [1.29, 1.82) is 0 Å². The van der Waals surface area contributed by atoms with Crippen molar-refractivity contribution in [2.45, 2.75) is 0 Å². The third-order valence-corrected chi connectivity index (χ3v) is 1.43. The summed E-state index contributed by atoms with van der Waals surface area (Å²) in [6, 6.07) is 0. The Hall–Kier alpha value is 0.620. The standard InChI is InChI=1S/H7N4PS/c1-3-5(6)4-2/h3-4,6H,1-2H2. The molecule has 0 aromatic heterocycles. The van der Waals surface area contributed by atoms with Gasteiger partial charge in [0.25, 0.3) is 0 Å². The van der Waals surface area contributed by atoms with E-state index in [1.165, 1.54) is 0 Å². The molecule has 4 nitrogen and oxygen atoms in total. The van der Waals surface area contributed by atoms with Crippen molar-refractivity contribution in [2.75, 3.05) is 0 Å². The maximum absolute atomic E-state index is 4.84. The molecule has 0 rings (SSSR count). The fourth-order valence-electron chi connectivity index (χ4n) is 0.0373. The van der Waals surface area contributed by atoms with E-state index in [1.54, 1.807) is 0 Å². The van der Waals surface area contributed by atoms with Crippen LogP contribution in [0.1, 0.15) is 0 Å². The number of nitrogens with one attached hydrogen (secondary N) is 2. The molecule has 0 saturated carbocycles. The third kappa shape index (κ3) is 2.84. The van der Waals surface area contributed by atoms with E-state index < -0.39 is 7.42 Å². The number of rotatable bonds is 2. The first-order chi connectivity index (χ1) is 2.81. The minimum absolute atomic E-state index is 0.826. The van der Waals surface area contributed by atoms with Gasteiger partial charge < -0.3 is 0 Å². The minimum Gasteiger partial charge on any atom is -0.266 e. The second kappa shape index (κ2) is 3.80. The maximum Gasteiger partial charge on any atom is 0.122 e.